The zero-order valence-electron chi connectivity index (χ0n) is 14.5. The van der Waals surface area contributed by atoms with Gasteiger partial charge in [0.1, 0.15) is 16.7 Å². The molecule has 0 spiro atoms. The van der Waals surface area contributed by atoms with Crippen molar-refractivity contribution in [1.29, 1.82) is 0 Å². The van der Waals surface area contributed by atoms with Crippen LogP contribution in [0.3, 0.4) is 0 Å². The van der Waals surface area contributed by atoms with Crippen molar-refractivity contribution in [2.45, 2.75) is 18.7 Å². The molecule has 0 saturated carbocycles. The number of hydrogen-bond donors (Lipinski definition) is 2. The normalized spacial score (nSPS) is 11.6. The summed E-state index contributed by atoms with van der Waals surface area (Å²) in [6.07, 6.45) is 1.57. The number of anilines is 2. The molecule has 6 heteroatoms. The van der Waals surface area contributed by atoms with Gasteiger partial charge in [0.2, 0.25) is 0 Å². The largest absolute Gasteiger partial charge is 0.321 e. The molecule has 1 amide bonds. The topological polar surface area (TPSA) is 71.1 Å². The molecule has 1 heterocycles. The third kappa shape index (κ3) is 4.15. The lowest BCUT2D eigenvalue weighted by Gasteiger charge is -2.12. The van der Waals surface area contributed by atoms with Crippen molar-refractivity contribution in [2.24, 2.45) is 0 Å². The van der Waals surface area contributed by atoms with Gasteiger partial charge >= 0.3 is 0 Å². The summed E-state index contributed by atoms with van der Waals surface area (Å²) in [6.45, 7) is 3.95. The van der Waals surface area contributed by atoms with E-state index in [0.29, 0.717) is 16.3 Å². The summed E-state index contributed by atoms with van der Waals surface area (Å²) in [5, 5.41) is 2.77. The van der Waals surface area contributed by atoms with Gasteiger partial charge in [-0.15, -0.1) is 0 Å². The lowest BCUT2D eigenvalue weighted by molar-refractivity contribution is 0.102. The monoisotopic (exact) mass is 365 g/mol. The summed E-state index contributed by atoms with van der Waals surface area (Å²) >= 11 is 0. The highest BCUT2D eigenvalue weighted by Gasteiger charge is 2.10. The first-order chi connectivity index (χ1) is 12.5. The van der Waals surface area contributed by atoms with E-state index in [1.165, 1.54) is 0 Å². The van der Waals surface area contributed by atoms with Crippen molar-refractivity contribution in [2.75, 3.05) is 10.0 Å². The molecule has 3 rings (SSSR count). The number of rotatable bonds is 5. The van der Waals surface area contributed by atoms with Gasteiger partial charge < -0.3 is 10.0 Å². The zero-order chi connectivity index (χ0) is 18.5. The van der Waals surface area contributed by atoms with Gasteiger partial charge in [0.15, 0.2) is 0 Å². The number of benzene rings is 2. The number of carbonyl (C=O) groups is 1. The van der Waals surface area contributed by atoms with Crippen molar-refractivity contribution in [3.05, 3.63) is 83.7 Å². The van der Waals surface area contributed by atoms with Crippen LogP contribution in [0.15, 0.2) is 71.8 Å². The smallest absolute Gasteiger partial charge is 0.274 e. The van der Waals surface area contributed by atoms with Gasteiger partial charge in [-0.05, 0) is 61.4 Å². The number of nitrogens with zero attached hydrogens (tertiary/aromatic N) is 1. The molecule has 0 bridgehead atoms. The van der Waals surface area contributed by atoms with Crippen LogP contribution < -0.4 is 10.0 Å². The first kappa shape index (κ1) is 17.8. The standard InChI is InChI=1S/C20H19N3O2S/c1-14-6-5-7-15(2)19(14)23-26(25)17-11-9-16(10-12-17)22-20(24)18-8-3-4-13-21-18/h3-13,23H,1-2H3,(H,22,24). The highest BCUT2D eigenvalue weighted by atomic mass is 32.2. The molecular weight excluding hydrogens is 346 g/mol. The van der Waals surface area contributed by atoms with E-state index in [1.807, 2.05) is 32.0 Å². The maximum Gasteiger partial charge on any atom is 0.274 e. The molecule has 0 saturated heterocycles. The van der Waals surface area contributed by atoms with Crippen LogP contribution in [0.4, 0.5) is 11.4 Å². The lowest BCUT2D eigenvalue weighted by atomic mass is 10.1. The van der Waals surface area contributed by atoms with Crippen molar-refractivity contribution >= 4 is 28.3 Å². The Labute approximate surface area is 155 Å². The molecule has 0 radical (unpaired) electrons. The minimum absolute atomic E-state index is 0.284. The van der Waals surface area contributed by atoms with E-state index in [1.54, 1.807) is 48.7 Å². The molecule has 3 aromatic rings. The Bertz CT molecular complexity index is 921. The zero-order valence-corrected chi connectivity index (χ0v) is 15.3. The minimum atomic E-state index is -1.39. The molecular formula is C20H19N3O2S. The van der Waals surface area contributed by atoms with Crippen LogP contribution in [0.25, 0.3) is 0 Å². The van der Waals surface area contributed by atoms with Crippen molar-refractivity contribution in [3.8, 4) is 0 Å². The fourth-order valence-corrected chi connectivity index (χ4v) is 3.49. The molecule has 1 atom stereocenters. The molecule has 2 aromatic carbocycles. The van der Waals surface area contributed by atoms with Gasteiger partial charge in [0.05, 0.1) is 10.6 Å². The predicted molar refractivity (Wildman–Crippen MR) is 105 cm³/mol. The summed E-state index contributed by atoms with van der Waals surface area (Å²) in [5.74, 6) is -0.284. The van der Waals surface area contributed by atoms with Crippen molar-refractivity contribution in [3.63, 3.8) is 0 Å². The maximum absolute atomic E-state index is 12.6. The first-order valence-corrected chi connectivity index (χ1v) is 9.26. The van der Waals surface area contributed by atoms with Crippen LogP contribution in [-0.4, -0.2) is 15.1 Å². The fraction of sp³-hybridized carbons (Fsp3) is 0.100. The molecule has 26 heavy (non-hydrogen) atoms. The van der Waals surface area contributed by atoms with E-state index in [9.17, 15) is 9.00 Å². The van der Waals surface area contributed by atoms with Crippen LogP contribution in [0.1, 0.15) is 21.6 Å². The first-order valence-electron chi connectivity index (χ1n) is 8.11. The summed E-state index contributed by atoms with van der Waals surface area (Å²) in [7, 11) is -1.39. The number of carbonyl (C=O) groups excluding carboxylic acids is 1. The number of hydrogen-bond acceptors (Lipinski definition) is 3. The molecule has 0 aliphatic heterocycles. The van der Waals surface area contributed by atoms with E-state index in [4.69, 9.17) is 0 Å². The minimum Gasteiger partial charge on any atom is -0.321 e. The Kier molecular flexibility index (Phi) is 5.43. The van der Waals surface area contributed by atoms with Crippen LogP contribution in [-0.2, 0) is 11.0 Å². The van der Waals surface area contributed by atoms with Gasteiger partial charge in [-0.1, -0.05) is 24.3 Å². The SMILES string of the molecule is Cc1cccc(C)c1NS(=O)c1ccc(NC(=O)c2ccccn2)cc1. The predicted octanol–water partition coefficient (Wildman–Crippen LogP) is 4.09. The maximum atomic E-state index is 12.6. The van der Waals surface area contributed by atoms with Crippen LogP contribution >= 0.6 is 0 Å². The number of pyridine rings is 1. The van der Waals surface area contributed by atoms with Crippen LogP contribution in [0.2, 0.25) is 0 Å². The summed E-state index contributed by atoms with van der Waals surface area (Å²) < 4.78 is 15.6. The van der Waals surface area contributed by atoms with E-state index >= 15 is 0 Å². The van der Waals surface area contributed by atoms with E-state index in [-0.39, 0.29) is 5.91 Å². The van der Waals surface area contributed by atoms with Crippen LogP contribution in [0.5, 0.6) is 0 Å². The fourth-order valence-electron chi connectivity index (χ4n) is 2.48. The third-order valence-corrected chi connectivity index (χ3v) is 4.99. The number of para-hydroxylation sites is 1. The molecule has 5 nitrogen and oxygen atoms in total. The second-order valence-electron chi connectivity index (χ2n) is 5.83. The number of amides is 1. The average molecular weight is 365 g/mol. The molecule has 0 aliphatic rings. The summed E-state index contributed by atoms with van der Waals surface area (Å²) in [5.41, 5.74) is 3.92. The van der Waals surface area contributed by atoms with E-state index in [2.05, 4.69) is 15.0 Å². The molecule has 0 fully saturated rings. The number of nitrogens with one attached hydrogen (secondary N) is 2. The molecule has 1 unspecified atom stereocenters. The van der Waals surface area contributed by atoms with Gasteiger partial charge in [0.25, 0.3) is 5.91 Å². The van der Waals surface area contributed by atoms with Crippen molar-refractivity contribution in [1.82, 2.24) is 4.98 Å². The molecule has 0 aliphatic carbocycles. The van der Waals surface area contributed by atoms with Crippen LogP contribution in [0, 0.1) is 13.8 Å². The molecule has 1 aromatic heterocycles. The Morgan fingerprint density at radius 1 is 0.923 bits per heavy atom. The number of aromatic nitrogens is 1. The second kappa shape index (κ2) is 7.93. The highest BCUT2D eigenvalue weighted by Crippen LogP contribution is 2.22. The Balaban J connectivity index is 1.69. The van der Waals surface area contributed by atoms with E-state index < -0.39 is 11.0 Å². The Morgan fingerprint density at radius 3 is 2.23 bits per heavy atom. The third-order valence-electron chi connectivity index (χ3n) is 3.90. The van der Waals surface area contributed by atoms with Gasteiger partial charge in [-0.3, -0.25) is 9.78 Å². The number of aryl methyl sites for hydroxylation is 2. The molecule has 132 valence electrons. The quantitative estimate of drug-likeness (QED) is 0.715. The Morgan fingerprint density at radius 2 is 1.62 bits per heavy atom. The summed E-state index contributed by atoms with van der Waals surface area (Å²) in [6, 6.07) is 18.0. The second-order valence-corrected chi connectivity index (χ2v) is 7.04. The van der Waals surface area contributed by atoms with E-state index in [0.717, 1.165) is 16.8 Å². The summed E-state index contributed by atoms with van der Waals surface area (Å²) in [4.78, 5) is 16.7. The highest BCUT2D eigenvalue weighted by molar-refractivity contribution is 7.86. The molecule has 2 N–H and O–H groups in total. The van der Waals surface area contributed by atoms with Gasteiger partial charge in [-0.25, -0.2) is 4.21 Å². The van der Waals surface area contributed by atoms with Gasteiger partial charge in [-0.2, -0.15) is 0 Å². The Hall–Kier alpha value is -2.99. The average Bonchev–Trinajstić information content (AvgIpc) is 2.66. The lowest BCUT2D eigenvalue weighted by Crippen LogP contribution is -2.13. The van der Waals surface area contributed by atoms with Gasteiger partial charge in [0, 0.05) is 11.9 Å². The van der Waals surface area contributed by atoms with Crippen molar-refractivity contribution < 1.29 is 9.00 Å².